The number of Topliss-reactive ketones (excluding diaryl/α,β-unsaturated/α-hetero) is 1. The number of nitriles is 1. The van der Waals surface area contributed by atoms with Crippen molar-refractivity contribution in [3.05, 3.63) is 71.9 Å². The minimum Gasteiger partial charge on any atom is -0.489 e. The molecule has 0 saturated carbocycles. The molecule has 4 fully saturated rings. The van der Waals surface area contributed by atoms with Crippen LogP contribution in [0.2, 0.25) is 0 Å². The third-order valence-electron chi connectivity index (χ3n) is 8.99. The van der Waals surface area contributed by atoms with Crippen LogP contribution in [-0.4, -0.2) is 54.6 Å². The van der Waals surface area contributed by atoms with Crippen molar-refractivity contribution < 1.29 is 18.7 Å². The number of rotatable bonds is 7. The van der Waals surface area contributed by atoms with E-state index in [0.29, 0.717) is 54.1 Å². The standard InChI is InChI=1S/C34H33N3O4/c35-20-26-16-23(4-5-32(26)40-28-9-14-39-15-10-28)29-6-11-36-30-19-33(41-34(29)30)25-3-1-2-24(17-25)31(38)18-27-21-37-12-7-22(27)8-13-37/h1-6,11,16-17,19,22,27-28H,7-10,12-15,18,21H2. The minimum atomic E-state index is 0.0557. The molecule has 1 unspecified atom stereocenters. The van der Waals surface area contributed by atoms with Gasteiger partial charge in [0.1, 0.15) is 29.2 Å². The number of benzene rings is 2. The van der Waals surface area contributed by atoms with Crippen LogP contribution in [0.15, 0.2) is 65.2 Å². The van der Waals surface area contributed by atoms with Crippen molar-refractivity contribution in [1.82, 2.24) is 9.88 Å². The summed E-state index contributed by atoms with van der Waals surface area (Å²) in [6.07, 6.45) is 6.48. The van der Waals surface area contributed by atoms with E-state index in [1.165, 1.54) is 25.9 Å². The molecule has 2 aromatic heterocycles. The summed E-state index contributed by atoms with van der Waals surface area (Å²) in [5, 5.41) is 9.87. The summed E-state index contributed by atoms with van der Waals surface area (Å²) in [5.74, 6) is 2.59. The molecule has 0 spiro atoms. The highest BCUT2D eigenvalue weighted by molar-refractivity contribution is 5.98. The van der Waals surface area contributed by atoms with E-state index < -0.39 is 0 Å². The zero-order valence-corrected chi connectivity index (χ0v) is 23.1. The number of piperidine rings is 3. The van der Waals surface area contributed by atoms with E-state index in [-0.39, 0.29) is 11.9 Å². The number of carbonyl (C=O) groups is 1. The SMILES string of the molecule is N#Cc1cc(-c2ccnc3cc(-c4cccc(C(=O)CC5CN6CCC5CC6)c4)oc23)ccc1OC1CCOCC1. The fourth-order valence-corrected chi connectivity index (χ4v) is 6.69. The van der Waals surface area contributed by atoms with Gasteiger partial charge < -0.3 is 18.8 Å². The molecule has 4 aromatic rings. The van der Waals surface area contributed by atoms with Gasteiger partial charge in [0.2, 0.25) is 0 Å². The second kappa shape index (κ2) is 11.1. The number of furan rings is 1. The minimum absolute atomic E-state index is 0.0557. The third-order valence-corrected chi connectivity index (χ3v) is 8.99. The molecule has 41 heavy (non-hydrogen) atoms. The Labute approximate surface area is 239 Å². The van der Waals surface area contributed by atoms with Gasteiger partial charge in [-0.25, -0.2) is 0 Å². The number of fused-ring (bicyclic) bond motifs is 4. The van der Waals surface area contributed by atoms with Crippen molar-refractivity contribution >= 4 is 16.9 Å². The van der Waals surface area contributed by atoms with Crippen molar-refractivity contribution in [1.29, 1.82) is 5.26 Å². The van der Waals surface area contributed by atoms with Crippen molar-refractivity contribution in [3.8, 4) is 34.3 Å². The smallest absolute Gasteiger partial charge is 0.163 e. The van der Waals surface area contributed by atoms with E-state index in [4.69, 9.17) is 13.9 Å². The molecule has 2 bridgehead atoms. The Kier molecular flexibility index (Phi) is 7.03. The van der Waals surface area contributed by atoms with Crippen LogP contribution < -0.4 is 4.74 Å². The fraction of sp³-hybridized carbons (Fsp3) is 0.382. The number of pyridine rings is 1. The van der Waals surface area contributed by atoms with E-state index >= 15 is 0 Å². The predicted molar refractivity (Wildman–Crippen MR) is 156 cm³/mol. The van der Waals surface area contributed by atoms with E-state index in [2.05, 4.69) is 16.0 Å². The molecule has 7 heteroatoms. The monoisotopic (exact) mass is 547 g/mol. The van der Waals surface area contributed by atoms with Gasteiger partial charge in [-0.05, 0) is 67.6 Å². The Hall–Kier alpha value is -3.99. The van der Waals surface area contributed by atoms with Crippen LogP contribution in [0.25, 0.3) is 33.6 Å². The first kappa shape index (κ1) is 25.9. The number of ketones is 1. The average molecular weight is 548 g/mol. The Morgan fingerprint density at radius 2 is 1.88 bits per heavy atom. The maximum atomic E-state index is 13.3. The average Bonchev–Trinajstić information content (AvgIpc) is 3.47. The molecule has 1 atom stereocenters. The van der Waals surface area contributed by atoms with Crippen LogP contribution in [-0.2, 0) is 4.74 Å². The molecule has 4 aliphatic heterocycles. The first-order chi connectivity index (χ1) is 20.1. The highest BCUT2D eigenvalue weighted by Crippen LogP contribution is 2.37. The third kappa shape index (κ3) is 5.26. The van der Waals surface area contributed by atoms with Crippen molar-refractivity contribution in [2.45, 2.75) is 38.2 Å². The molecule has 0 aliphatic carbocycles. The highest BCUT2D eigenvalue weighted by atomic mass is 16.5. The number of hydrogen-bond acceptors (Lipinski definition) is 7. The predicted octanol–water partition coefficient (Wildman–Crippen LogP) is 6.51. The molecule has 7 nitrogen and oxygen atoms in total. The van der Waals surface area contributed by atoms with E-state index in [9.17, 15) is 10.1 Å². The molecule has 4 saturated heterocycles. The van der Waals surface area contributed by atoms with Gasteiger partial charge >= 0.3 is 0 Å². The maximum Gasteiger partial charge on any atom is 0.163 e. The van der Waals surface area contributed by atoms with Crippen LogP contribution in [0.5, 0.6) is 5.75 Å². The normalized spacial score (nSPS) is 22.5. The van der Waals surface area contributed by atoms with Crippen LogP contribution in [0, 0.1) is 23.2 Å². The lowest BCUT2D eigenvalue weighted by atomic mass is 9.76. The Balaban J connectivity index is 1.14. The number of hydrogen-bond donors (Lipinski definition) is 0. The first-order valence-electron chi connectivity index (χ1n) is 14.7. The Bertz CT molecular complexity index is 1620. The Morgan fingerprint density at radius 3 is 2.66 bits per heavy atom. The zero-order valence-electron chi connectivity index (χ0n) is 23.1. The fourth-order valence-electron chi connectivity index (χ4n) is 6.69. The first-order valence-corrected chi connectivity index (χ1v) is 14.7. The van der Waals surface area contributed by atoms with Crippen LogP contribution in [0.4, 0.5) is 0 Å². The van der Waals surface area contributed by atoms with Crippen molar-refractivity contribution in [2.75, 3.05) is 32.8 Å². The summed E-state index contributed by atoms with van der Waals surface area (Å²) >= 11 is 0. The van der Waals surface area contributed by atoms with E-state index in [1.807, 2.05) is 54.6 Å². The molecular formula is C34H33N3O4. The van der Waals surface area contributed by atoms with Gasteiger partial charge in [0.05, 0.1) is 18.8 Å². The summed E-state index contributed by atoms with van der Waals surface area (Å²) in [6, 6.07) is 19.5. The van der Waals surface area contributed by atoms with Crippen LogP contribution in [0.3, 0.4) is 0 Å². The van der Waals surface area contributed by atoms with Crippen molar-refractivity contribution in [2.24, 2.45) is 11.8 Å². The second-order valence-electron chi connectivity index (χ2n) is 11.5. The topological polar surface area (TPSA) is 88.6 Å². The molecule has 6 heterocycles. The summed E-state index contributed by atoms with van der Waals surface area (Å²) in [5.41, 5.74) is 5.15. The number of nitrogens with zero attached hydrogens (tertiary/aromatic N) is 3. The molecule has 0 radical (unpaired) electrons. The van der Waals surface area contributed by atoms with Gasteiger partial charge in [-0.3, -0.25) is 9.78 Å². The number of aromatic nitrogens is 1. The van der Waals surface area contributed by atoms with Gasteiger partial charge in [0.15, 0.2) is 11.4 Å². The lowest BCUT2D eigenvalue weighted by Gasteiger charge is -2.44. The molecule has 0 amide bonds. The molecule has 4 aliphatic rings. The van der Waals surface area contributed by atoms with E-state index in [0.717, 1.165) is 47.2 Å². The molecule has 8 rings (SSSR count). The van der Waals surface area contributed by atoms with Crippen molar-refractivity contribution in [3.63, 3.8) is 0 Å². The quantitative estimate of drug-likeness (QED) is 0.244. The van der Waals surface area contributed by atoms with E-state index in [1.54, 1.807) is 6.20 Å². The lowest BCUT2D eigenvalue weighted by Crippen LogP contribution is -2.47. The van der Waals surface area contributed by atoms with Gasteiger partial charge in [0, 0.05) is 54.8 Å². The van der Waals surface area contributed by atoms with Gasteiger partial charge in [-0.1, -0.05) is 24.3 Å². The number of carbonyl (C=O) groups excluding carboxylic acids is 1. The van der Waals surface area contributed by atoms with Gasteiger partial charge in [-0.2, -0.15) is 5.26 Å². The zero-order chi connectivity index (χ0) is 27.8. The second-order valence-corrected chi connectivity index (χ2v) is 11.5. The van der Waals surface area contributed by atoms with Gasteiger partial charge in [-0.15, -0.1) is 0 Å². The molecule has 0 N–H and O–H groups in total. The summed E-state index contributed by atoms with van der Waals surface area (Å²) < 4.78 is 17.9. The highest BCUT2D eigenvalue weighted by Gasteiger charge is 2.35. The molecule has 208 valence electrons. The maximum absolute atomic E-state index is 13.3. The molecular weight excluding hydrogens is 514 g/mol. The lowest BCUT2D eigenvalue weighted by molar-refractivity contribution is 0.0254. The summed E-state index contributed by atoms with van der Waals surface area (Å²) in [4.78, 5) is 20.3. The summed E-state index contributed by atoms with van der Waals surface area (Å²) in [6.45, 7) is 4.76. The van der Waals surface area contributed by atoms with Gasteiger partial charge in [0.25, 0.3) is 0 Å². The number of ether oxygens (including phenoxy) is 2. The van der Waals surface area contributed by atoms with Crippen LogP contribution in [0.1, 0.15) is 48.0 Å². The Morgan fingerprint density at radius 1 is 1.02 bits per heavy atom. The largest absolute Gasteiger partial charge is 0.489 e. The summed E-state index contributed by atoms with van der Waals surface area (Å²) in [7, 11) is 0. The van der Waals surface area contributed by atoms with Crippen LogP contribution >= 0.6 is 0 Å². The molecule has 2 aromatic carbocycles.